The molecule has 0 aromatic carbocycles. The lowest BCUT2D eigenvalue weighted by Gasteiger charge is -2.29. The molecule has 60 valence electrons. The highest BCUT2D eigenvalue weighted by Gasteiger charge is 2.16. The van der Waals surface area contributed by atoms with Crippen LogP contribution >= 0.6 is 0 Å². The van der Waals surface area contributed by atoms with E-state index in [-0.39, 0.29) is 0 Å². The molecule has 0 aliphatic rings. The highest BCUT2D eigenvalue weighted by Crippen LogP contribution is 2.07. The molecule has 0 rings (SSSR count). The Morgan fingerprint density at radius 3 is 1.70 bits per heavy atom. The van der Waals surface area contributed by atoms with E-state index in [1.54, 1.807) is 0 Å². The van der Waals surface area contributed by atoms with Crippen molar-refractivity contribution < 1.29 is 0 Å². The molecule has 0 N–H and O–H groups in total. The van der Waals surface area contributed by atoms with Crippen LogP contribution in [0.4, 0.5) is 0 Å². The molecule has 0 spiro atoms. The first-order valence-electron chi connectivity index (χ1n) is 3.72. The molecule has 0 heterocycles. The molecule has 1 nitrogen and oxygen atoms in total. The molecule has 0 saturated heterocycles. The van der Waals surface area contributed by atoms with Crippen molar-refractivity contribution in [2.24, 2.45) is 0 Å². The summed E-state index contributed by atoms with van der Waals surface area (Å²) in [4.78, 5) is 0. The van der Waals surface area contributed by atoms with Gasteiger partial charge in [-0.3, -0.25) is 0 Å². The van der Waals surface area contributed by atoms with Gasteiger partial charge in [0, 0.05) is 0 Å². The second-order valence-corrected chi connectivity index (χ2v) is 9.04. The largest absolute Gasteiger partial charge is 0.406 e. The Morgan fingerprint density at radius 1 is 1.20 bits per heavy atom. The zero-order chi connectivity index (χ0) is 8.36. The van der Waals surface area contributed by atoms with Crippen LogP contribution in [0.1, 0.15) is 13.8 Å². The van der Waals surface area contributed by atoms with Crippen molar-refractivity contribution in [1.29, 1.82) is 0 Å². The van der Waals surface area contributed by atoms with Gasteiger partial charge in [-0.15, -0.1) is 0 Å². The minimum absolute atomic E-state index is 1.07. The van der Waals surface area contributed by atoms with Crippen LogP contribution in [-0.4, -0.2) is 19.8 Å². The maximum absolute atomic E-state index is 2.36. The van der Waals surface area contributed by atoms with Crippen LogP contribution in [0.25, 0.3) is 0 Å². The number of nitrogens with zero attached hydrogens (tertiary/aromatic N) is 1. The average Bonchev–Trinajstić information content (AvgIpc) is 1.60. The molecule has 0 atom stereocenters. The minimum Gasteiger partial charge on any atom is -0.406 e. The Kier molecular flexibility index (Phi) is 3.16. The van der Waals surface area contributed by atoms with Gasteiger partial charge in [0.25, 0.3) is 0 Å². The van der Waals surface area contributed by atoms with Gasteiger partial charge in [-0.2, -0.15) is 0 Å². The third-order valence-corrected chi connectivity index (χ3v) is 3.76. The van der Waals surface area contributed by atoms with Gasteiger partial charge in [0.1, 0.15) is 8.24 Å². The summed E-state index contributed by atoms with van der Waals surface area (Å²) in [6.45, 7) is 11.3. The van der Waals surface area contributed by atoms with Crippen LogP contribution in [0, 0.1) is 0 Å². The zero-order valence-corrected chi connectivity index (χ0v) is 9.02. The summed E-state index contributed by atoms with van der Waals surface area (Å²) in [6, 6.07) is 0. The van der Waals surface area contributed by atoms with Crippen LogP contribution in [0.2, 0.25) is 19.6 Å². The van der Waals surface area contributed by atoms with Crippen molar-refractivity contribution in [3.05, 3.63) is 11.8 Å². The van der Waals surface area contributed by atoms with Gasteiger partial charge in [0.05, 0.1) is 0 Å². The number of allylic oxidation sites excluding steroid dienone is 1. The second kappa shape index (κ2) is 3.24. The molecule has 0 bridgehead atoms. The lowest BCUT2D eigenvalue weighted by Crippen LogP contribution is -2.39. The first kappa shape index (κ1) is 9.76. The minimum atomic E-state index is -1.07. The van der Waals surface area contributed by atoms with E-state index in [4.69, 9.17) is 0 Å². The van der Waals surface area contributed by atoms with E-state index in [1.165, 1.54) is 5.57 Å². The molecule has 0 aromatic rings. The topological polar surface area (TPSA) is 3.24 Å². The molecular formula is C8H19NSi. The molecule has 0 aliphatic carbocycles. The van der Waals surface area contributed by atoms with Crippen LogP contribution in [0.5, 0.6) is 0 Å². The SMILES string of the molecule is CC(C)=CN(C)[Si](C)(C)C. The fourth-order valence-electron chi connectivity index (χ4n) is 0.581. The lowest BCUT2D eigenvalue weighted by molar-refractivity contribution is 0.684. The summed E-state index contributed by atoms with van der Waals surface area (Å²) in [7, 11) is 1.10. The summed E-state index contributed by atoms with van der Waals surface area (Å²) < 4.78 is 2.36. The third kappa shape index (κ3) is 3.72. The smallest absolute Gasteiger partial charge is 0.146 e. The predicted molar refractivity (Wildman–Crippen MR) is 50.5 cm³/mol. The Hall–Kier alpha value is -0.243. The molecule has 0 saturated carbocycles. The van der Waals surface area contributed by atoms with E-state index in [0.717, 1.165) is 0 Å². The summed E-state index contributed by atoms with van der Waals surface area (Å²) in [6.07, 6.45) is 2.23. The Bertz CT molecular complexity index is 129. The molecule has 0 aromatic heterocycles. The van der Waals surface area contributed by atoms with Crippen molar-refractivity contribution in [2.75, 3.05) is 7.05 Å². The van der Waals surface area contributed by atoms with E-state index in [0.29, 0.717) is 0 Å². The van der Waals surface area contributed by atoms with E-state index in [1.807, 2.05) is 0 Å². The molecule has 0 aliphatic heterocycles. The molecule has 2 heteroatoms. The van der Waals surface area contributed by atoms with E-state index >= 15 is 0 Å². The van der Waals surface area contributed by atoms with Gasteiger partial charge in [0.2, 0.25) is 0 Å². The Balaban J connectivity index is 4.11. The van der Waals surface area contributed by atoms with Crippen LogP contribution in [0.15, 0.2) is 11.8 Å². The first-order chi connectivity index (χ1) is 4.34. The Labute approximate surface area is 65.8 Å². The van der Waals surface area contributed by atoms with Gasteiger partial charge < -0.3 is 4.57 Å². The van der Waals surface area contributed by atoms with Gasteiger partial charge in [-0.05, 0) is 27.1 Å². The molecule has 0 unspecified atom stereocenters. The second-order valence-electron chi connectivity index (χ2n) is 3.99. The van der Waals surface area contributed by atoms with E-state index < -0.39 is 8.24 Å². The van der Waals surface area contributed by atoms with Crippen molar-refractivity contribution in [2.45, 2.75) is 33.5 Å². The standard InChI is InChI=1S/C8H19NSi/c1-8(2)7-9(3)10(4,5)6/h7H,1-6H3. The average molecular weight is 157 g/mol. The number of hydrogen-bond donors (Lipinski definition) is 0. The highest BCUT2D eigenvalue weighted by molar-refractivity contribution is 6.73. The lowest BCUT2D eigenvalue weighted by atomic mass is 10.4. The van der Waals surface area contributed by atoms with Gasteiger partial charge >= 0.3 is 0 Å². The summed E-state index contributed by atoms with van der Waals surface area (Å²) in [5.74, 6) is 0. The maximum atomic E-state index is 2.36. The van der Waals surface area contributed by atoms with Crippen molar-refractivity contribution in [3.8, 4) is 0 Å². The van der Waals surface area contributed by atoms with Crippen LogP contribution in [-0.2, 0) is 0 Å². The zero-order valence-electron chi connectivity index (χ0n) is 8.02. The normalized spacial score (nSPS) is 11.0. The maximum Gasteiger partial charge on any atom is 0.146 e. The summed E-state index contributed by atoms with van der Waals surface area (Å²) in [5.41, 5.74) is 1.38. The fourth-order valence-corrected chi connectivity index (χ4v) is 1.23. The third-order valence-electron chi connectivity index (χ3n) is 1.51. The molecule has 0 radical (unpaired) electrons. The fraction of sp³-hybridized carbons (Fsp3) is 0.750. The number of rotatable bonds is 2. The van der Waals surface area contributed by atoms with E-state index in [2.05, 4.69) is 51.3 Å². The van der Waals surface area contributed by atoms with Gasteiger partial charge in [-0.1, -0.05) is 25.2 Å². The predicted octanol–water partition coefficient (Wildman–Crippen LogP) is 2.68. The summed E-state index contributed by atoms with van der Waals surface area (Å²) in [5, 5.41) is 0. The van der Waals surface area contributed by atoms with Crippen molar-refractivity contribution in [1.82, 2.24) is 4.57 Å². The molecule has 0 amide bonds. The van der Waals surface area contributed by atoms with Gasteiger partial charge in [0.15, 0.2) is 0 Å². The highest BCUT2D eigenvalue weighted by atomic mass is 28.3. The van der Waals surface area contributed by atoms with Crippen LogP contribution < -0.4 is 0 Å². The van der Waals surface area contributed by atoms with E-state index in [9.17, 15) is 0 Å². The van der Waals surface area contributed by atoms with Gasteiger partial charge in [-0.25, -0.2) is 0 Å². The van der Waals surface area contributed by atoms with Crippen molar-refractivity contribution >= 4 is 8.24 Å². The monoisotopic (exact) mass is 157 g/mol. The quantitative estimate of drug-likeness (QED) is 0.557. The molecule has 0 fully saturated rings. The number of hydrogen-bond acceptors (Lipinski definition) is 1. The molecule has 10 heavy (non-hydrogen) atoms. The summed E-state index contributed by atoms with van der Waals surface area (Å²) >= 11 is 0. The first-order valence-corrected chi connectivity index (χ1v) is 7.16. The Morgan fingerprint density at radius 2 is 1.60 bits per heavy atom. The van der Waals surface area contributed by atoms with Crippen LogP contribution in [0.3, 0.4) is 0 Å². The van der Waals surface area contributed by atoms with Crippen molar-refractivity contribution in [3.63, 3.8) is 0 Å². The molecular weight excluding hydrogens is 138 g/mol.